The van der Waals surface area contributed by atoms with Gasteiger partial charge >= 0.3 is 5.76 Å². The van der Waals surface area contributed by atoms with Crippen molar-refractivity contribution in [3.8, 4) is 0 Å². The Kier molecular flexibility index (Phi) is 3.40. The van der Waals surface area contributed by atoms with Crippen molar-refractivity contribution < 1.29 is 9.52 Å². The smallest absolute Gasteiger partial charge is 0.408 e. The largest absolute Gasteiger partial charge is 0.419 e. The molecule has 0 unspecified atom stereocenters. The molecule has 0 bridgehead atoms. The molecule has 1 saturated heterocycles. The molecule has 5 nitrogen and oxygen atoms in total. The van der Waals surface area contributed by atoms with Crippen molar-refractivity contribution in [1.82, 2.24) is 9.47 Å². The predicted octanol–water partition coefficient (Wildman–Crippen LogP) is 1.05. The highest BCUT2D eigenvalue weighted by Gasteiger charge is 2.23. The second-order valence-electron chi connectivity index (χ2n) is 5.00. The van der Waals surface area contributed by atoms with E-state index in [4.69, 9.17) is 4.42 Å². The number of nitrogens with zero attached hydrogens (tertiary/aromatic N) is 2. The molecule has 0 radical (unpaired) electrons. The third-order valence-corrected chi connectivity index (χ3v) is 3.89. The van der Waals surface area contributed by atoms with Gasteiger partial charge in [0, 0.05) is 19.1 Å². The Balaban J connectivity index is 1.78. The molecule has 0 amide bonds. The summed E-state index contributed by atoms with van der Waals surface area (Å²) in [7, 11) is 0. The number of benzene rings is 1. The molecular weight excluding hydrogens is 244 g/mol. The molecule has 1 aromatic carbocycles. The quantitative estimate of drug-likeness (QED) is 0.895. The van der Waals surface area contributed by atoms with E-state index < -0.39 is 0 Å². The molecule has 1 aliphatic rings. The van der Waals surface area contributed by atoms with Crippen molar-refractivity contribution in [3.63, 3.8) is 0 Å². The van der Waals surface area contributed by atoms with E-state index in [2.05, 4.69) is 4.90 Å². The molecule has 1 aromatic heterocycles. The number of aliphatic hydroxyl groups is 1. The lowest BCUT2D eigenvalue weighted by Gasteiger charge is -2.22. The van der Waals surface area contributed by atoms with Crippen molar-refractivity contribution in [1.29, 1.82) is 0 Å². The minimum Gasteiger partial charge on any atom is -0.408 e. The molecule has 19 heavy (non-hydrogen) atoms. The lowest BCUT2D eigenvalue weighted by Crippen LogP contribution is -2.35. The highest BCUT2D eigenvalue weighted by atomic mass is 16.4. The fraction of sp³-hybridized carbons (Fsp3) is 0.500. The van der Waals surface area contributed by atoms with Gasteiger partial charge in [-0.3, -0.25) is 9.47 Å². The molecule has 1 atom stereocenters. The molecule has 1 N–H and O–H groups in total. The van der Waals surface area contributed by atoms with Crippen molar-refractivity contribution in [2.45, 2.75) is 25.4 Å². The second-order valence-corrected chi connectivity index (χ2v) is 5.00. The van der Waals surface area contributed by atoms with E-state index in [-0.39, 0.29) is 18.4 Å². The summed E-state index contributed by atoms with van der Waals surface area (Å²) in [5.74, 6) is -0.305. The van der Waals surface area contributed by atoms with Gasteiger partial charge in [0.15, 0.2) is 5.58 Å². The standard InChI is InChI=1S/C14H18N2O3/c17-10-11-4-3-7-15(11)8-9-16-12-5-1-2-6-13(12)19-14(16)18/h1-2,5-6,11,17H,3-4,7-10H2/t11-/m1/s1. The van der Waals surface area contributed by atoms with Crippen LogP contribution in [0.5, 0.6) is 0 Å². The maximum atomic E-state index is 11.8. The average molecular weight is 262 g/mol. The molecule has 2 aromatic rings. The van der Waals surface area contributed by atoms with Crippen LogP contribution in [0.15, 0.2) is 33.5 Å². The van der Waals surface area contributed by atoms with Crippen LogP contribution in [0, 0.1) is 0 Å². The maximum Gasteiger partial charge on any atom is 0.419 e. The Labute approximate surface area is 111 Å². The summed E-state index contributed by atoms with van der Waals surface area (Å²) in [5, 5.41) is 9.29. The van der Waals surface area contributed by atoms with Gasteiger partial charge in [0.05, 0.1) is 12.1 Å². The van der Waals surface area contributed by atoms with Gasteiger partial charge in [0.2, 0.25) is 0 Å². The first-order chi connectivity index (χ1) is 9.29. The lowest BCUT2D eigenvalue weighted by atomic mass is 10.2. The van der Waals surface area contributed by atoms with E-state index in [0.29, 0.717) is 12.1 Å². The van der Waals surface area contributed by atoms with Crippen molar-refractivity contribution in [2.75, 3.05) is 19.7 Å². The summed E-state index contributed by atoms with van der Waals surface area (Å²) < 4.78 is 6.88. The summed E-state index contributed by atoms with van der Waals surface area (Å²) in [6.45, 7) is 2.57. The van der Waals surface area contributed by atoms with Gasteiger partial charge < -0.3 is 9.52 Å². The molecule has 0 aliphatic carbocycles. The SMILES string of the molecule is O=c1oc2ccccc2n1CCN1CCC[C@@H]1CO. The summed E-state index contributed by atoms with van der Waals surface area (Å²) in [6.07, 6.45) is 2.16. The number of aromatic nitrogens is 1. The minimum absolute atomic E-state index is 0.195. The van der Waals surface area contributed by atoms with Crippen LogP contribution in [-0.2, 0) is 6.54 Å². The first-order valence-electron chi connectivity index (χ1n) is 6.73. The molecule has 3 rings (SSSR count). The number of hydrogen-bond donors (Lipinski definition) is 1. The lowest BCUT2D eigenvalue weighted by molar-refractivity contribution is 0.155. The molecular formula is C14H18N2O3. The van der Waals surface area contributed by atoms with E-state index in [1.54, 1.807) is 10.6 Å². The van der Waals surface area contributed by atoms with Crippen molar-refractivity contribution >= 4 is 11.1 Å². The van der Waals surface area contributed by atoms with E-state index in [9.17, 15) is 9.90 Å². The second kappa shape index (κ2) is 5.19. The predicted molar refractivity (Wildman–Crippen MR) is 72.2 cm³/mol. The van der Waals surface area contributed by atoms with Gasteiger partial charge in [0.1, 0.15) is 0 Å². The fourth-order valence-electron chi connectivity index (χ4n) is 2.85. The fourth-order valence-corrected chi connectivity index (χ4v) is 2.85. The third-order valence-electron chi connectivity index (χ3n) is 3.89. The topological polar surface area (TPSA) is 58.6 Å². The van der Waals surface area contributed by atoms with Crippen LogP contribution in [0.4, 0.5) is 0 Å². The highest BCUT2D eigenvalue weighted by Crippen LogP contribution is 2.17. The van der Waals surface area contributed by atoms with E-state index in [1.165, 1.54) is 0 Å². The van der Waals surface area contributed by atoms with Crippen molar-refractivity contribution in [2.24, 2.45) is 0 Å². The molecule has 102 valence electrons. The maximum absolute atomic E-state index is 11.8. The number of aliphatic hydroxyl groups excluding tert-OH is 1. The minimum atomic E-state index is -0.305. The van der Waals surface area contributed by atoms with Gasteiger partial charge in [0.25, 0.3) is 0 Å². The zero-order valence-corrected chi connectivity index (χ0v) is 10.8. The monoisotopic (exact) mass is 262 g/mol. The summed E-state index contributed by atoms with van der Waals surface area (Å²) in [6, 6.07) is 7.71. The molecule has 2 heterocycles. The normalized spacial score (nSPS) is 20.4. The summed E-state index contributed by atoms with van der Waals surface area (Å²) in [4.78, 5) is 14.1. The van der Waals surface area contributed by atoms with Crippen LogP contribution in [0.25, 0.3) is 11.1 Å². The first kappa shape index (κ1) is 12.4. The first-order valence-corrected chi connectivity index (χ1v) is 6.73. The molecule has 0 saturated carbocycles. The van der Waals surface area contributed by atoms with Gasteiger partial charge in [-0.05, 0) is 31.5 Å². The third kappa shape index (κ3) is 2.31. The molecule has 5 heteroatoms. The van der Waals surface area contributed by atoms with Gasteiger partial charge in [-0.15, -0.1) is 0 Å². The Morgan fingerprint density at radius 2 is 2.16 bits per heavy atom. The molecule has 1 aliphatic heterocycles. The van der Waals surface area contributed by atoms with Crippen LogP contribution in [0.2, 0.25) is 0 Å². The number of fused-ring (bicyclic) bond motifs is 1. The van der Waals surface area contributed by atoms with Gasteiger partial charge in [-0.1, -0.05) is 12.1 Å². The molecule has 1 fully saturated rings. The van der Waals surface area contributed by atoms with Crippen LogP contribution in [0.3, 0.4) is 0 Å². The van der Waals surface area contributed by atoms with E-state index in [1.807, 2.05) is 18.2 Å². The number of oxazole rings is 1. The number of hydrogen-bond acceptors (Lipinski definition) is 4. The average Bonchev–Trinajstić information content (AvgIpc) is 2.99. The zero-order valence-electron chi connectivity index (χ0n) is 10.8. The Morgan fingerprint density at radius 3 is 3.00 bits per heavy atom. The van der Waals surface area contributed by atoms with Crippen molar-refractivity contribution in [3.05, 3.63) is 34.8 Å². The van der Waals surface area contributed by atoms with Gasteiger partial charge in [-0.25, -0.2) is 4.79 Å². The number of para-hydroxylation sites is 2. The van der Waals surface area contributed by atoms with Crippen LogP contribution < -0.4 is 5.76 Å². The highest BCUT2D eigenvalue weighted by molar-refractivity contribution is 5.72. The Hall–Kier alpha value is -1.59. The molecule has 0 spiro atoms. The Morgan fingerprint density at radius 1 is 1.32 bits per heavy atom. The van der Waals surface area contributed by atoms with E-state index in [0.717, 1.165) is 31.4 Å². The van der Waals surface area contributed by atoms with Crippen LogP contribution >= 0.6 is 0 Å². The van der Waals surface area contributed by atoms with Crippen LogP contribution in [-0.4, -0.2) is 40.3 Å². The van der Waals surface area contributed by atoms with Gasteiger partial charge in [-0.2, -0.15) is 0 Å². The zero-order chi connectivity index (χ0) is 13.2. The number of likely N-dealkylation sites (tertiary alicyclic amines) is 1. The summed E-state index contributed by atoms with van der Waals surface area (Å²) in [5.41, 5.74) is 1.47. The Bertz CT molecular complexity index is 616. The van der Waals surface area contributed by atoms with Crippen LogP contribution in [0.1, 0.15) is 12.8 Å². The summed E-state index contributed by atoms with van der Waals surface area (Å²) >= 11 is 0. The van der Waals surface area contributed by atoms with E-state index >= 15 is 0 Å². The number of rotatable bonds is 4.